The molecule has 0 saturated carbocycles. The van der Waals surface area contributed by atoms with Crippen LogP contribution in [0.2, 0.25) is 0 Å². The lowest BCUT2D eigenvalue weighted by Crippen LogP contribution is -2.26. The fraction of sp³-hybridized carbons (Fsp3) is 0.300. The number of piperidine rings is 1. The lowest BCUT2D eigenvalue weighted by Gasteiger charge is -2.23. The maximum absolute atomic E-state index is 6.01. The summed E-state index contributed by atoms with van der Waals surface area (Å²) in [5.74, 6) is 1.97. The molecule has 2 aromatic heterocycles. The molecule has 0 aliphatic carbocycles. The minimum absolute atomic E-state index is 0.523. The van der Waals surface area contributed by atoms with Gasteiger partial charge in [-0.05, 0) is 60.7 Å². The first-order chi connectivity index (χ1) is 12.3. The van der Waals surface area contributed by atoms with Crippen molar-refractivity contribution in [3.63, 3.8) is 0 Å². The number of nitrogens with two attached hydrogens (primary N) is 1. The first-order valence-corrected chi connectivity index (χ1v) is 8.75. The smallest absolute Gasteiger partial charge is 0.142 e. The van der Waals surface area contributed by atoms with Gasteiger partial charge in [-0.15, -0.1) is 0 Å². The fourth-order valence-electron chi connectivity index (χ4n) is 3.48. The SMILES string of the molecule is Nc1cc(-c2ccc(C3CCNCC3)cc2)cc(Cc2ccno2)n1. The summed E-state index contributed by atoms with van der Waals surface area (Å²) in [5, 5.41) is 7.16. The van der Waals surface area contributed by atoms with Crippen LogP contribution in [0.15, 0.2) is 53.2 Å². The number of benzene rings is 1. The number of nitrogen functional groups attached to an aromatic ring is 1. The monoisotopic (exact) mass is 334 g/mol. The van der Waals surface area contributed by atoms with Crippen molar-refractivity contribution in [2.75, 3.05) is 18.8 Å². The Labute approximate surface area is 147 Å². The third kappa shape index (κ3) is 3.72. The van der Waals surface area contributed by atoms with E-state index in [0.717, 1.165) is 35.7 Å². The molecule has 3 aromatic rings. The molecule has 1 aliphatic heterocycles. The second kappa shape index (κ2) is 7.07. The first-order valence-electron chi connectivity index (χ1n) is 8.75. The lowest BCUT2D eigenvalue weighted by molar-refractivity contribution is 0.389. The maximum atomic E-state index is 6.01. The Morgan fingerprint density at radius 2 is 1.84 bits per heavy atom. The van der Waals surface area contributed by atoms with Gasteiger partial charge in [0.25, 0.3) is 0 Å². The molecule has 0 spiro atoms. The number of rotatable bonds is 4. The molecule has 0 amide bonds. The van der Waals surface area contributed by atoms with Crippen molar-refractivity contribution in [1.29, 1.82) is 0 Å². The third-order valence-corrected chi connectivity index (χ3v) is 4.80. The minimum Gasteiger partial charge on any atom is -0.384 e. The number of hydrogen-bond donors (Lipinski definition) is 2. The van der Waals surface area contributed by atoms with Crippen molar-refractivity contribution in [1.82, 2.24) is 15.5 Å². The second-order valence-corrected chi connectivity index (χ2v) is 6.57. The van der Waals surface area contributed by atoms with Crippen LogP contribution in [0.1, 0.15) is 35.8 Å². The van der Waals surface area contributed by atoms with Crippen LogP contribution in [0, 0.1) is 0 Å². The molecule has 1 aliphatic rings. The van der Waals surface area contributed by atoms with Crippen LogP contribution in [0.25, 0.3) is 11.1 Å². The summed E-state index contributed by atoms with van der Waals surface area (Å²) in [7, 11) is 0. The van der Waals surface area contributed by atoms with E-state index in [4.69, 9.17) is 10.3 Å². The van der Waals surface area contributed by atoms with E-state index in [9.17, 15) is 0 Å². The summed E-state index contributed by atoms with van der Waals surface area (Å²) in [6.45, 7) is 2.22. The summed E-state index contributed by atoms with van der Waals surface area (Å²) in [6.07, 6.45) is 4.65. The van der Waals surface area contributed by atoms with E-state index in [1.165, 1.54) is 18.4 Å². The molecule has 4 rings (SSSR count). The van der Waals surface area contributed by atoms with E-state index < -0.39 is 0 Å². The highest BCUT2D eigenvalue weighted by Crippen LogP contribution is 2.29. The van der Waals surface area contributed by atoms with Gasteiger partial charge >= 0.3 is 0 Å². The van der Waals surface area contributed by atoms with Crippen LogP contribution in [-0.2, 0) is 6.42 Å². The predicted molar refractivity (Wildman–Crippen MR) is 98.2 cm³/mol. The van der Waals surface area contributed by atoms with Crippen molar-refractivity contribution in [3.05, 3.63) is 65.7 Å². The number of aromatic nitrogens is 2. The highest BCUT2D eigenvalue weighted by Gasteiger charge is 2.15. The van der Waals surface area contributed by atoms with Gasteiger partial charge in [0.05, 0.1) is 18.3 Å². The molecule has 5 nitrogen and oxygen atoms in total. The number of nitrogens with one attached hydrogen (secondary N) is 1. The van der Waals surface area contributed by atoms with Crippen LogP contribution >= 0.6 is 0 Å². The molecule has 25 heavy (non-hydrogen) atoms. The first kappa shape index (κ1) is 15.8. The van der Waals surface area contributed by atoms with E-state index in [2.05, 4.69) is 45.8 Å². The molecule has 0 radical (unpaired) electrons. The second-order valence-electron chi connectivity index (χ2n) is 6.57. The Bertz CT molecular complexity index is 821. The molecule has 5 heteroatoms. The van der Waals surface area contributed by atoms with E-state index in [-0.39, 0.29) is 0 Å². The molecule has 1 fully saturated rings. The van der Waals surface area contributed by atoms with Gasteiger partial charge in [0.1, 0.15) is 11.6 Å². The van der Waals surface area contributed by atoms with Crippen LogP contribution in [0.3, 0.4) is 0 Å². The van der Waals surface area contributed by atoms with Crippen LogP contribution in [0.4, 0.5) is 5.82 Å². The van der Waals surface area contributed by atoms with Gasteiger partial charge in [-0.2, -0.15) is 0 Å². The number of anilines is 1. The fourth-order valence-corrected chi connectivity index (χ4v) is 3.48. The standard InChI is InChI=1S/C20H22N4O/c21-20-12-17(11-18(24-20)13-19-7-10-23-25-19)15-3-1-14(2-4-15)16-5-8-22-9-6-16/h1-4,7,10-12,16,22H,5-6,8-9,13H2,(H2,21,24). The van der Waals surface area contributed by atoms with Crippen LogP contribution < -0.4 is 11.1 Å². The normalized spacial score (nSPS) is 15.4. The maximum Gasteiger partial charge on any atom is 0.142 e. The Balaban J connectivity index is 1.57. The van der Waals surface area contributed by atoms with E-state index in [1.54, 1.807) is 6.20 Å². The summed E-state index contributed by atoms with van der Waals surface area (Å²) < 4.78 is 5.17. The zero-order valence-corrected chi connectivity index (χ0v) is 14.1. The number of pyridine rings is 1. The van der Waals surface area contributed by atoms with Gasteiger partial charge in [-0.3, -0.25) is 0 Å². The Hall–Kier alpha value is -2.66. The van der Waals surface area contributed by atoms with E-state index in [0.29, 0.717) is 18.2 Å². The zero-order valence-electron chi connectivity index (χ0n) is 14.1. The lowest BCUT2D eigenvalue weighted by atomic mass is 9.89. The number of hydrogen-bond acceptors (Lipinski definition) is 5. The average Bonchev–Trinajstić information content (AvgIpc) is 3.15. The van der Waals surface area contributed by atoms with Gasteiger partial charge in [-0.25, -0.2) is 4.98 Å². The molecule has 1 aromatic carbocycles. The largest absolute Gasteiger partial charge is 0.384 e. The Morgan fingerprint density at radius 3 is 2.56 bits per heavy atom. The zero-order chi connectivity index (χ0) is 17.1. The summed E-state index contributed by atoms with van der Waals surface area (Å²) in [4.78, 5) is 4.41. The van der Waals surface area contributed by atoms with Crippen molar-refractivity contribution in [3.8, 4) is 11.1 Å². The van der Waals surface area contributed by atoms with Crippen molar-refractivity contribution >= 4 is 5.82 Å². The molecule has 0 bridgehead atoms. The number of nitrogens with zero attached hydrogens (tertiary/aromatic N) is 2. The van der Waals surface area contributed by atoms with E-state index in [1.807, 2.05) is 12.1 Å². The van der Waals surface area contributed by atoms with Gasteiger partial charge in [-0.1, -0.05) is 29.4 Å². The third-order valence-electron chi connectivity index (χ3n) is 4.80. The van der Waals surface area contributed by atoms with Gasteiger partial charge < -0.3 is 15.6 Å². The molecule has 0 atom stereocenters. The summed E-state index contributed by atoms with van der Waals surface area (Å²) in [5.41, 5.74) is 10.6. The highest BCUT2D eigenvalue weighted by atomic mass is 16.5. The highest BCUT2D eigenvalue weighted by molar-refractivity contribution is 5.67. The van der Waals surface area contributed by atoms with Gasteiger partial charge in [0.15, 0.2) is 0 Å². The Morgan fingerprint density at radius 1 is 1.04 bits per heavy atom. The quantitative estimate of drug-likeness (QED) is 0.765. The van der Waals surface area contributed by atoms with Crippen molar-refractivity contribution in [2.24, 2.45) is 0 Å². The Kier molecular flexibility index (Phi) is 4.48. The summed E-state index contributed by atoms with van der Waals surface area (Å²) >= 11 is 0. The molecule has 3 N–H and O–H groups in total. The average molecular weight is 334 g/mol. The minimum atomic E-state index is 0.523. The molecule has 128 valence electrons. The van der Waals surface area contributed by atoms with Gasteiger partial charge in [0.2, 0.25) is 0 Å². The molecular formula is C20H22N4O. The van der Waals surface area contributed by atoms with E-state index >= 15 is 0 Å². The van der Waals surface area contributed by atoms with Crippen LogP contribution in [0.5, 0.6) is 0 Å². The van der Waals surface area contributed by atoms with Crippen LogP contribution in [-0.4, -0.2) is 23.2 Å². The van der Waals surface area contributed by atoms with Crippen molar-refractivity contribution in [2.45, 2.75) is 25.2 Å². The topological polar surface area (TPSA) is 77.0 Å². The molecular weight excluding hydrogens is 312 g/mol. The summed E-state index contributed by atoms with van der Waals surface area (Å²) in [6, 6.07) is 14.7. The molecule has 0 unspecified atom stereocenters. The molecule has 3 heterocycles. The molecule has 1 saturated heterocycles. The predicted octanol–water partition coefficient (Wildman–Crippen LogP) is 3.38. The van der Waals surface area contributed by atoms with Gasteiger partial charge in [0, 0.05) is 6.07 Å². The van der Waals surface area contributed by atoms with Crippen molar-refractivity contribution < 1.29 is 4.52 Å².